The van der Waals surface area contributed by atoms with E-state index in [1.165, 1.54) is 12.8 Å². The minimum Gasteiger partial charge on any atom is -0.322 e. The first-order valence-corrected chi connectivity index (χ1v) is 3.29. The molecule has 1 aliphatic rings. The van der Waals surface area contributed by atoms with Gasteiger partial charge in [0, 0.05) is 12.6 Å². The summed E-state index contributed by atoms with van der Waals surface area (Å²) in [5.74, 6) is 0. The van der Waals surface area contributed by atoms with E-state index in [1.54, 1.807) is 0 Å². The largest absolute Gasteiger partial charge is 0.322 e. The fourth-order valence-electron chi connectivity index (χ4n) is 1.10. The van der Waals surface area contributed by atoms with Crippen LogP contribution in [0.25, 0.3) is 0 Å². The number of nitriles is 1. The number of nitrogens with zero attached hydrogens (tertiary/aromatic N) is 1. The van der Waals surface area contributed by atoms with E-state index in [1.807, 2.05) is 6.19 Å². The SMILES string of the molecule is N#CNCC1CCCN1. The Kier molecular flexibility index (Phi) is 2.34. The average molecular weight is 125 g/mol. The molecule has 1 atom stereocenters. The Labute approximate surface area is 55.1 Å². The Morgan fingerprint density at radius 3 is 3.22 bits per heavy atom. The summed E-state index contributed by atoms with van der Waals surface area (Å²) in [6.07, 6.45) is 4.36. The second kappa shape index (κ2) is 3.31. The van der Waals surface area contributed by atoms with Crippen LogP contribution in [0.15, 0.2) is 0 Å². The van der Waals surface area contributed by atoms with Gasteiger partial charge in [0.1, 0.15) is 0 Å². The monoisotopic (exact) mass is 125 g/mol. The van der Waals surface area contributed by atoms with E-state index in [0.29, 0.717) is 6.04 Å². The van der Waals surface area contributed by atoms with Crippen molar-refractivity contribution in [1.82, 2.24) is 10.6 Å². The zero-order chi connectivity index (χ0) is 6.53. The van der Waals surface area contributed by atoms with Gasteiger partial charge in [0.05, 0.1) is 0 Å². The highest BCUT2D eigenvalue weighted by Gasteiger charge is 2.12. The van der Waals surface area contributed by atoms with Gasteiger partial charge in [-0.25, -0.2) is 0 Å². The predicted molar refractivity (Wildman–Crippen MR) is 34.6 cm³/mol. The lowest BCUT2D eigenvalue weighted by Crippen LogP contribution is -2.31. The smallest absolute Gasteiger partial charge is 0.176 e. The van der Waals surface area contributed by atoms with Crippen molar-refractivity contribution < 1.29 is 0 Å². The van der Waals surface area contributed by atoms with Crippen LogP contribution in [0.2, 0.25) is 0 Å². The molecule has 1 heterocycles. The van der Waals surface area contributed by atoms with Crippen molar-refractivity contribution >= 4 is 0 Å². The summed E-state index contributed by atoms with van der Waals surface area (Å²) in [6.45, 7) is 1.90. The van der Waals surface area contributed by atoms with E-state index in [0.717, 1.165) is 13.1 Å². The normalized spacial score (nSPS) is 25.4. The van der Waals surface area contributed by atoms with E-state index in [-0.39, 0.29) is 0 Å². The Balaban J connectivity index is 2.06. The standard InChI is InChI=1S/C6H11N3/c7-5-8-4-6-2-1-3-9-6/h6,8-9H,1-4H2. The van der Waals surface area contributed by atoms with Crippen LogP contribution >= 0.6 is 0 Å². The highest BCUT2D eigenvalue weighted by molar-refractivity contribution is 4.79. The molecule has 1 aliphatic heterocycles. The molecule has 1 saturated heterocycles. The van der Waals surface area contributed by atoms with Gasteiger partial charge in [-0.05, 0) is 19.4 Å². The lowest BCUT2D eigenvalue weighted by Gasteiger charge is -2.05. The second-order valence-electron chi connectivity index (χ2n) is 2.29. The van der Waals surface area contributed by atoms with Gasteiger partial charge in [0.25, 0.3) is 0 Å². The average Bonchev–Trinajstić information content (AvgIpc) is 2.34. The zero-order valence-corrected chi connectivity index (χ0v) is 5.35. The molecule has 2 N–H and O–H groups in total. The number of rotatable bonds is 2. The molecule has 0 aromatic heterocycles. The molecule has 3 heteroatoms. The fraction of sp³-hybridized carbons (Fsp3) is 0.833. The van der Waals surface area contributed by atoms with Gasteiger partial charge in [0.15, 0.2) is 6.19 Å². The van der Waals surface area contributed by atoms with E-state index >= 15 is 0 Å². The van der Waals surface area contributed by atoms with Gasteiger partial charge >= 0.3 is 0 Å². The van der Waals surface area contributed by atoms with Crippen molar-refractivity contribution in [2.24, 2.45) is 0 Å². The molecule has 0 spiro atoms. The molecular formula is C6H11N3. The molecule has 0 aliphatic carbocycles. The van der Waals surface area contributed by atoms with Gasteiger partial charge in [0.2, 0.25) is 0 Å². The quantitative estimate of drug-likeness (QED) is 0.397. The summed E-state index contributed by atoms with van der Waals surface area (Å²) in [5, 5.41) is 14.0. The Morgan fingerprint density at radius 2 is 2.67 bits per heavy atom. The maximum Gasteiger partial charge on any atom is 0.176 e. The molecular weight excluding hydrogens is 114 g/mol. The van der Waals surface area contributed by atoms with Crippen molar-refractivity contribution in [3.05, 3.63) is 0 Å². The van der Waals surface area contributed by atoms with Crippen LogP contribution in [0.4, 0.5) is 0 Å². The maximum atomic E-state index is 8.14. The minimum absolute atomic E-state index is 0.532. The molecule has 0 aromatic rings. The molecule has 0 bridgehead atoms. The molecule has 50 valence electrons. The van der Waals surface area contributed by atoms with Crippen molar-refractivity contribution in [2.45, 2.75) is 18.9 Å². The Hall–Kier alpha value is -0.750. The van der Waals surface area contributed by atoms with Crippen LogP contribution in [0.5, 0.6) is 0 Å². The van der Waals surface area contributed by atoms with Crippen molar-refractivity contribution in [1.29, 1.82) is 5.26 Å². The lowest BCUT2D eigenvalue weighted by molar-refractivity contribution is 0.583. The van der Waals surface area contributed by atoms with Gasteiger partial charge < -0.3 is 10.6 Å². The van der Waals surface area contributed by atoms with Gasteiger partial charge in [-0.2, -0.15) is 5.26 Å². The zero-order valence-electron chi connectivity index (χ0n) is 5.35. The third-order valence-electron chi connectivity index (χ3n) is 1.59. The van der Waals surface area contributed by atoms with Gasteiger partial charge in [-0.3, -0.25) is 0 Å². The highest BCUT2D eigenvalue weighted by Crippen LogP contribution is 2.02. The first-order valence-electron chi connectivity index (χ1n) is 3.29. The highest BCUT2D eigenvalue weighted by atomic mass is 15.0. The predicted octanol–water partition coefficient (Wildman–Crippen LogP) is -0.191. The molecule has 1 unspecified atom stereocenters. The number of nitrogens with one attached hydrogen (secondary N) is 2. The van der Waals surface area contributed by atoms with Gasteiger partial charge in [-0.1, -0.05) is 0 Å². The van der Waals surface area contributed by atoms with Gasteiger partial charge in [-0.15, -0.1) is 0 Å². The van der Waals surface area contributed by atoms with Crippen LogP contribution < -0.4 is 10.6 Å². The van der Waals surface area contributed by atoms with E-state index < -0.39 is 0 Å². The molecule has 0 saturated carbocycles. The van der Waals surface area contributed by atoms with Crippen LogP contribution in [-0.2, 0) is 0 Å². The van der Waals surface area contributed by atoms with Crippen molar-refractivity contribution in [3.8, 4) is 6.19 Å². The Bertz CT molecular complexity index is 110. The lowest BCUT2D eigenvalue weighted by atomic mass is 10.2. The molecule has 0 radical (unpaired) electrons. The topological polar surface area (TPSA) is 47.9 Å². The van der Waals surface area contributed by atoms with Crippen LogP contribution in [-0.4, -0.2) is 19.1 Å². The molecule has 1 fully saturated rings. The third kappa shape index (κ3) is 1.90. The fourth-order valence-corrected chi connectivity index (χ4v) is 1.10. The summed E-state index contributed by atoms with van der Waals surface area (Å²) in [5.41, 5.74) is 0. The summed E-state index contributed by atoms with van der Waals surface area (Å²) in [7, 11) is 0. The first kappa shape index (κ1) is 6.37. The first-order chi connectivity index (χ1) is 4.43. The molecule has 0 aromatic carbocycles. The summed E-state index contributed by atoms with van der Waals surface area (Å²) in [4.78, 5) is 0. The number of hydrogen-bond acceptors (Lipinski definition) is 3. The van der Waals surface area contributed by atoms with Crippen molar-refractivity contribution in [3.63, 3.8) is 0 Å². The van der Waals surface area contributed by atoms with Crippen LogP contribution in [0, 0.1) is 11.5 Å². The molecule has 0 amide bonds. The number of hydrogen-bond donors (Lipinski definition) is 2. The summed E-state index contributed by atoms with van der Waals surface area (Å²) < 4.78 is 0. The minimum atomic E-state index is 0.532. The van der Waals surface area contributed by atoms with Crippen molar-refractivity contribution in [2.75, 3.05) is 13.1 Å². The third-order valence-corrected chi connectivity index (χ3v) is 1.59. The van der Waals surface area contributed by atoms with E-state index in [4.69, 9.17) is 5.26 Å². The van der Waals surface area contributed by atoms with Crippen LogP contribution in [0.3, 0.4) is 0 Å². The Morgan fingerprint density at radius 1 is 1.78 bits per heavy atom. The molecule has 1 rings (SSSR count). The molecule has 9 heavy (non-hydrogen) atoms. The summed E-state index contributed by atoms with van der Waals surface area (Å²) >= 11 is 0. The molecule has 3 nitrogen and oxygen atoms in total. The van der Waals surface area contributed by atoms with E-state index in [9.17, 15) is 0 Å². The van der Waals surface area contributed by atoms with Crippen LogP contribution in [0.1, 0.15) is 12.8 Å². The second-order valence-corrected chi connectivity index (χ2v) is 2.29. The summed E-state index contributed by atoms with van der Waals surface area (Å²) in [6, 6.07) is 0.532. The maximum absolute atomic E-state index is 8.14. The van der Waals surface area contributed by atoms with E-state index in [2.05, 4.69) is 10.6 Å².